The molecule has 0 aromatic carbocycles. The van der Waals surface area contributed by atoms with Crippen LogP contribution in [0.4, 0.5) is 0 Å². The standard InChI is InChI=1S/C9H14N2O3.ClH/c1-3-13-9(12)5-7(10)8-4-6(2)11-14-8;/h4,7H,3,5,10H2,1-2H3;1H/t7-;/m0./s1. The molecule has 0 amide bonds. The van der Waals surface area contributed by atoms with Crippen molar-refractivity contribution in [3.63, 3.8) is 0 Å². The molecule has 0 aliphatic rings. The van der Waals surface area contributed by atoms with E-state index >= 15 is 0 Å². The van der Waals surface area contributed by atoms with Crippen molar-refractivity contribution in [2.45, 2.75) is 26.3 Å². The van der Waals surface area contributed by atoms with E-state index in [9.17, 15) is 4.79 Å². The Labute approximate surface area is 94.4 Å². The molecule has 1 aromatic heterocycles. The van der Waals surface area contributed by atoms with Crippen LogP contribution in [0.15, 0.2) is 10.6 Å². The van der Waals surface area contributed by atoms with E-state index < -0.39 is 6.04 Å². The summed E-state index contributed by atoms with van der Waals surface area (Å²) in [6.07, 6.45) is 0.114. The van der Waals surface area contributed by atoms with Gasteiger partial charge >= 0.3 is 5.97 Å². The van der Waals surface area contributed by atoms with Crippen LogP contribution in [0.25, 0.3) is 0 Å². The average Bonchev–Trinajstić information content (AvgIpc) is 2.52. The van der Waals surface area contributed by atoms with Crippen LogP contribution in [-0.2, 0) is 9.53 Å². The Morgan fingerprint density at radius 2 is 2.40 bits per heavy atom. The van der Waals surface area contributed by atoms with Crippen molar-refractivity contribution in [3.05, 3.63) is 17.5 Å². The van der Waals surface area contributed by atoms with Crippen LogP contribution in [0.1, 0.15) is 30.8 Å². The molecule has 1 atom stereocenters. The van der Waals surface area contributed by atoms with E-state index in [1.165, 1.54) is 0 Å². The van der Waals surface area contributed by atoms with Crippen molar-refractivity contribution in [1.29, 1.82) is 0 Å². The lowest BCUT2D eigenvalue weighted by atomic mass is 10.1. The van der Waals surface area contributed by atoms with Crippen molar-refractivity contribution in [2.24, 2.45) is 5.73 Å². The van der Waals surface area contributed by atoms with Crippen LogP contribution >= 0.6 is 12.4 Å². The highest BCUT2D eigenvalue weighted by Gasteiger charge is 2.16. The van der Waals surface area contributed by atoms with Crippen LogP contribution in [0.5, 0.6) is 0 Å². The van der Waals surface area contributed by atoms with Crippen molar-refractivity contribution < 1.29 is 14.1 Å². The summed E-state index contributed by atoms with van der Waals surface area (Å²) in [5.74, 6) is 0.185. The smallest absolute Gasteiger partial charge is 0.307 e. The topological polar surface area (TPSA) is 78.4 Å². The molecule has 1 heterocycles. The summed E-state index contributed by atoms with van der Waals surface area (Å²) in [7, 11) is 0. The minimum atomic E-state index is -0.477. The molecule has 0 fully saturated rings. The van der Waals surface area contributed by atoms with E-state index in [0.717, 1.165) is 5.69 Å². The number of hydrogen-bond acceptors (Lipinski definition) is 5. The lowest BCUT2D eigenvalue weighted by molar-refractivity contribution is -0.143. The third-order valence-corrected chi connectivity index (χ3v) is 1.70. The second-order valence-corrected chi connectivity index (χ2v) is 2.99. The molecular formula is C9H15ClN2O3. The first-order valence-electron chi connectivity index (χ1n) is 4.48. The molecule has 0 saturated carbocycles. The minimum absolute atomic E-state index is 0. The van der Waals surface area contributed by atoms with E-state index in [0.29, 0.717) is 12.4 Å². The maximum Gasteiger partial charge on any atom is 0.307 e. The van der Waals surface area contributed by atoms with Crippen LogP contribution in [0, 0.1) is 6.92 Å². The largest absolute Gasteiger partial charge is 0.466 e. The van der Waals surface area contributed by atoms with E-state index in [1.54, 1.807) is 19.9 Å². The molecule has 0 saturated heterocycles. The van der Waals surface area contributed by atoms with Crippen LogP contribution in [0.2, 0.25) is 0 Å². The van der Waals surface area contributed by atoms with Crippen molar-refractivity contribution in [3.8, 4) is 0 Å². The molecule has 1 aromatic rings. The molecule has 0 spiro atoms. The molecule has 15 heavy (non-hydrogen) atoms. The summed E-state index contributed by atoms with van der Waals surface area (Å²) >= 11 is 0. The summed E-state index contributed by atoms with van der Waals surface area (Å²) in [4.78, 5) is 11.1. The maximum absolute atomic E-state index is 11.1. The molecule has 86 valence electrons. The quantitative estimate of drug-likeness (QED) is 0.796. The number of aryl methyl sites for hydroxylation is 1. The Morgan fingerprint density at radius 3 is 2.87 bits per heavy atom. The number of rotatable bonds is 4. The van der Waals surface area contributed by atoms with E-state index in [-0.39, 0.29) is 24.8 Å². The number of carbonyl (C=O) groups excluding carboxylic acids is 1. The van der Waals surface area contributed by atoms with E-state index in [1.807, 2.05) is 0 Å². The first kappa shape index (κ1) is 13.9. The SMILES string of the molecule is CCOC(=O)C[C@H](N)c1cc(C)no1.Cl. The number of hydrogen-bond donors (Lipinski definition) is 1. The first-order valence-corrected chi connectivity index (χ1v) is 4.48. The summed E-state index contributed by atoms with van der Waals surface area (Å²) in [6, 6.07) is 1.24. The summed E-state index contributed by atoms with van der Waals surface area (Å²) in [6.45, 7) is 3.91. The predicted molar refractivity (Wildman–Crippen MR) is 56.7 cm³/mol. The fraction of sp³-hybridized carbons (Fsp3) is 0.556. The highest BCUT2D eigenvalue weighted by Crippen LogP contribution is 2.15. The van der Waals surface area contributed by atoms with Gasteiger partial charge in [0.25, 0.3) is 0 Å². The molecule has 1 rings (SSSR count). The summed E-state index contributed by atoms with van der Waals surface area (Å²) in [5, 5.41) is 3.68. The normalized spacial score (nSPS) is 11.7. The highest BCUT2D eigenvalue weighted by atomic mass is 35.5. The number of nitrogens with zero attached hydrogens (tertiary/aromatic N) is 1. The van der Waals surface area contributed by atoms with Gasteiger partial charge in [-0.2, -0.15) is 0 Å². The number of nitrogens with two attached hydrogens (primary N) is 1. The Bertz CT molecular complexity index is 314. The molecule has 0 radical (unpaired) electrons. The van der Waals surface area contributed by atoms with Gasteiger partial charge in [0.15, 0.2) is 5.76 Å². The lowest BCUT2D eigenvalue weighted by Gasteiger charge is -2.06. The number of halogens is 1. The van der Waals surface area contributed by atoms with Crippen molar-refractivity contribution in [1.82, 2.24) is 5.16 Å². The summed E-state index contributed by atoms with van der Waals surface area (Å²) < 4.78 is 9.68. The number of ether oxygens (including phenoxy) is 1. The third-order valence-electron chi connectivity index (χ3n) is 1.70. The molecule has 0 bridgehead atoms. The Hall–Kier alpha value is -1.07. The van der Waals surface area contributed by atoms with Gasteiger partial charge < -0.3 is 15.0 Å². The predicted octanol–water partition coefficient (Wildman–Crippen LogP) is 1.36. The van der Waals surface area contributed by atoms with Gasteiger partial charge in [0.2, 0.25) is 0 Å². The Morgan fingerprint density at radius 1 is 1.73 bits per heavy atom. The van der Waals surface area contributed by atoms with Gasteiger partial charge in [0.1, 0.15) is 0 Å². The first-order chi connectivity index (χ1) is 6.63. The fourth-order valence-electron chi connectivity index (χ4n) is 1.06. The average molecular weight is 235 g/mol. The van der Waals surface area contributed by atoms with Crippen LogP contribution in [0.3, 0.4) is 0 Å². The van der Waals surface area contributed by atoms with Crippen LogP contribution in [-0.4, -0.2) is 17.7 Å². The van der Waals surface area contributed by atoms with Crippen molar-refractivity contribution >= 4 is 18.4 Å². The fourth-order valence-corrected chi connectivity index (χ4v) is 1.06. The third kappa shape index (κ3) is 4.31. The summed E-state index contributed by atoms with van der Waals surface area (Å²) in [5.41, 5.74) is 6.45. The van der Waals surface area contributed by atoms with E-state index in [4.69, 9.17) is 15.0 Å². The van der Waals surface area contributed by atoms with Crippen molar-refractivity contribution in [2.75, 3.05) is 6.61 Å². The zero-order valence-electron chi connectivity index (χ0n) is 8.73. The van der Waals surface area contributed by atoms with E-state index in [2.05, 4.69) is 5.16 Å². The van der Waals surface area contributed by atoms with Gasteiger partial charge in [-0.15, -0.1) is 12.4 Å². The van der Waals surface area contributed by atoms with Gasteiger partial charge in [0, 0.05) is 6.07 Å². The van der Waals surface area contributed by atoms with Gasteiger partial charge in [-0.3, -0.25) is 4.79 Å². The van der Waals surface area contributed by atoms with Gasteiger partial charge in [-0.05, 0) is 13.8 Å². The molecule has 6 heteroatoms. The zero-order valence-corrected chi connectivity index (χ0v) is 9.54. The Balaban J connectivity index is 0.00000196. The number of esters is 1. The highest BCUT2D eigenvalue weighted by molar-refractivity contribution is 5.85. The zero-order chi connectivity index (χ0) is 10.6. The van der Waals surface area contributed by atoms with Gasteiger partial charge in [-0.1, -0.05) is 5.16 Å². The number of aromatic nitrogens is 1. The van der Waals surface area contributed by atoms with Gasteiger partial charge in [-0.25, -0.2) is 0 Å². The second-order valence-electron chi connectivity index (χ2n) is 2.99. The number of carbonyl (C=O) groups is 1. The van der Waals surface area contributed by atoms with Crippen LogP contribution < -0.4 is 5.73 Å². The molecular weight excluding hydrogens is 220 g/mol. The molecule has 0 aliphatic carbocycles. The molecule has 2 N–H and O–H groups in total. The Kier molecular flexibility index (Phi) is 5.96. The minimum Gasteiger partial charge on any atom is -0.466 e. The molecule has 0 aliphatic heterocycles. The lowest BCUT2D eigenvalue weighted by Crippen LogP contribution is -2.16. The van der Waals surface area contributed by atoms with Gasteiger partial charge in [0.05, 0.1) is 24.8 Å². The molecule has 0 unspecified atom stereocenters. The molecule has 5 nitrogen and oxygen atoms in total. The monoisotopic (exact) mass is 234 g/mol. The maximum atomic E-state index is 11.1. The second kappa shape index (κ2) is 6.42.